The summed E-state index contributed by atoms with van der Waals surface area (Å²) in [5.41, 5.74) is 0.279. The summed E-state index contributed by atoms with van der Waals surface area (Å²) in [4.78, 5) is 24.6. The van der Waals surface area contributed by atoms with E-state index < -0.39 is 28.5 Å². The van der Waals surface area contributed by atoms with E-state index in [1.165, 1.54) is 42.8 Å². The first-order chi connectivity index (χ1) is 15.8. The Morgan fingerprint density at radius 2 is 1.85 bits per heavy atom. The highest BCUT2D eigenvalue weighted by Gasteiger charge is 2.29. The lowest BCUT2D eigenvalue weighted by Crippen LogP contribution is -2.40. The molecule has 0 saturated carbocycles. The second kappa shape index (κ2) is 10.8. The number of sulfonamides is 1. The molecule has 1 fully saturated rings. The number of hydrogen-bond donors (Lipinski definition) is 1. The molecule has 0 unspecified atom stereocenters. The van der Waals surface area contributed by atoms with E-state index in [4.69, 9.17) is 30.5 Å². The van der Waals surface area contributed by atoms with Gasteiger partial charge >= 0.3 is 5.97 Å². The molecule has 1 amide bonds. The Kier molecular flexibility index (Phi) is 8.14. The lowest BCUT2D eigenvalue weighted by molar-refractivity contribution is -0.119. The van der Waals surface area contributed by atoms with Crippen molar-refractivity contribution in [1.82, 2.24) is 4.31 Å². The first kappa shape index (κ1) is 24.8. The molecule has 10 nitrogen and oxygen atoms in total. The van der Waals surface area contributed by atoms with Gasteiger partial charge in [0.05, 0.1) is 32.5 Å². The molecule has 33 heavy (non-hydrogen) atoms. The van der Waals surface area contributed by atoms with Crippen LogP contribution in [0.4, 0.5) is 5.69 Å². The molecule has 178 valence electrons. The number of hydrogen-bond acceptors (Lipinski definition) is 8. The Hall–Kier alpha value is -2.86. The summed E-state index contributed by atoms with van der Waals surface area (Å²) in [5.74, 6) is -0.928. The molecule has 0 spiro atoms. The molecule has 1 saturated heterocycles. The van der Waals surface area contributed by atoms with Crippen LogP contribution in [0.1, 0.15) is 10.4 Å². The smallest absolute Gasteiger partial charge is 0.342 e. The number of benzene rings is 2. The van der Waals surface area contributed by atoms with E-state index in [-0.39, 0.29) is 53.2 Å². The molecule has 3 rings (SSSR count). The third-order valence-electron chi connectivity index (χ3n) is 4.76. The number of nitrogens with one attached hydrogen (secondary N) is 1. The monoisotopic (exact) mass is 498 g/mol. The largest absolute Gasteiger partial charge is 0.493 e. The Morgan fingerprint density at radius 3 is 2.52 bits per heavy atom. The van der Waals surface area contributed by atoms with Crippen molar-refractivity contribution in [3.63, 3.8) is 0 Å². The third kappa shape index (κ3) is 5.74. The molecule has 1 aliphatic heterocycles. The molecule has 0 atom stereocenters. The quantitative estimate of drug-likeness (QED) is 0.550. The maximum atomic E-state index is 12.9. The molecular weight excluding hydrogens is 476 g/mol. The van der Waals surface area contributed by atoms with Gasteiger partial charge in [0.2, 0.25) is 10.0 Å². The molecule has 1 aliphatic rings. The van der Waals surface area contributed by atoms with Crippen LogP contribution in [0.2, 0.25) is 5.02 Å². The van der Waals surface area contributed by atoms with E-state index in [2.05, 4.69) is 5.32 Å². The second-order valence-corrected chi connectivity index (χ2v) is 9.14. The Bertz CT molecular complexity index is 1130. The zero-order valence-corrected chi connectivity index (χ0v) is 19.6. The fourth-order valence-electron chi connectivity index (χ4n) is 3.16. The summed E-state index contributed by atoms with van der Waals surface area (Å²) in [6, 6.07) is 8.76. The van der Waals surface area contributed by atoms with Crippen molar-refractivity contribution in [2.24, 2.45) is 0 Å². The number of amides is 1. The number of ether oxygens (including phenoxy) is 4. The van der Waals surface area contributed by atoms with Crippen LogP contribution in [0.25, 0.3) is 0 Å². The van der Waals surface area contributed by atoms with Crippen LogP contribution in [0.15, 0.2) is 41.3 Å². The van der Waals surface area contributed by atoms with Crippen molar-refractivity contribution < 1.29 is 37.0 Å². The van der Waals surface area contributed by atoms with Gasteiger partial charge in [-0.05, 0) is 30.3 Å². The zero-order chi connectivity index (χ0) is 24.0. The number of carbonyl (C=O) groups is 2. The minimum Gasteiger partial charge on any atom is -0.493 e. The number of halogens is 1. The third-order valence-corrected chi connectivity index (χ3v) is 7.14. The van der Waals surface area contributed by atoms with Gasteiger partial charge in [-0.25, -0.2) is 13.2 Å². The zero-order valence-electron chi connectivity index (χ0n) is 18.0. The van der Waals surface area contributed by atoms with Crippen molar-refractivity contribution >= 4 is 39.2 Å². The molecule has 0 radical (unpaired) electrons. The van der Waals surface area contributed by atoms with Crippen molar-refractivity contribution in [2.45, 2.75) is 4.90 Å². The molecule has 12 heteroatoms. The van der Waals surface area contributed by atoms with Crippen LogP contribution < -0.4 is 14.8 Å². The molecule has 2 aromatic rings. The number of esters is 1. The fraction of sp³-hybridized carbons (Fsp3) is 0.333. The second-order valence-electron chi connectivity index (χ2n) is 6.83. The molecule has 0 aliphatic carbocycles. The highest BCUT2D eigenvalue weighted by Crippen LogP contribution is 2.31. The molecular formula is C21H23ClN2O8S. The SMILES string of the molecule is COc1cccc(C(=O)OCC(=O)Nc2ccc(Cl)c(S(=O)(=O)N3CCOCC3)c2)c1OC. The summed E-state index contributed by atoms with van der Waals surface area (Å²) in [5, 5.41) is 2.53. The average Bonchev–Trinajstić information content (AvgIpc) is 2.83. The summed E-state index contributed by atoms with van der Waals surface area (Å²) in [6.07, 6.45) is 0. The van der Waals surface area contributed by atoms with E-state index in [1.807, 2.05) is 0 Å². The molecule has 2 aromatic carbocycles. The number of rotatable bonds is 8. The summed E-state index contributed by atoms with van der Waals surface area (Å²) >= 11 is 6.12. The highest BCUT2D eigenvalue weighted by atomic mass is 35.5. The van der Waals surface area contributed by atoms with Crippen LogP contribution in [0.5, 0.6) is 11.5 Å². The summed E-state index contributed by atoms with van der Waals surface area (Å²) in [7, 11) is -1.06. The molecule has 1 N–H and O–H groups in total. The number of methoxy groups -OCH3 is 2. The minimum absolute atomic E-state index is 0.0241. The van der Waals surface area contributed by atoms with Crippen LogP contribution >= 0.6 is 11.6 Å². The standard InChI is InChI=1S/C21H23ClN2O8S/c1-29-17-5-3-4-15(20(17)30-2)21(26)32-13-19(25)23-14-6-7-16(22)18(12-14)33(27,28)24-8-10-31-11-9-24/h3-7,12H,8-11,13H2,1-2H3,(H,23,25). The van der Waals surface area contributed by atoms with E-state index in [1.54, 1.807) is 12.1 Å². The van der Waals surface area contributed by atoms with E-state index >= 15 is 0 Å². The van der Waals surface area contributed by atoms with Crippen molar-refractivity contribution in [3.8, 4) is 11.5 Å². The van der Waals surface area contributed by atoms with Gasteiger partial charge < -0.3 is 24.3 Å². The van der Waals surface area contributed by atoms with Gasteiger partial charge in [0.25, 0.3) is 5.91 Å². The van der Waals surface area contributed by atoms with Crippen molar-refractivity contribution in [3.05, 3.63) is 47.0 Å². The number of morpholine rings is 1. The first-order valence-corrected chi connectivity index (χ1v) is 11.6. The van der Waals surface area contributed by atoms with Gasteiger partial charge in [0, 0.05) is 18.8 Å². The van der Waals surface area contributed by atoms with Crippen LogP contribution in [0, 0.1) is 0 Å². The Labute approximate surface area is 196 Å². The lowest BCUT2D eigenvalue weighted by Gasteiger charge is -2.26. The number of para-hydroxylation sites is 1. The van der Waals surface area contributed by atoms with Crippen molar-refractivity contribution in [2.75, 3.05) is 52.4 Å². The van der Waals surface area contributed by atoms with Gasteiger partial charge in [-0.1, -0.05) is 17.7 Å². The normalized spacial score (nSPS) is 14.4. The van der Waals surface area contributed by atoms with Gasteiger partial charge in [-0.15, -0.1) is 0 Å². The molecule has 0 bridgehead atoms. The van der Waals surface area contributed by atoms with E-state index in [0.29, 0.717) is 5.75 Å². The summed E-state index contributed by atoms with van der Waals surface area (Å²) < 4.78 is 47.7. The fourth-order valence-corrected chi connectivity index (χ4v) is 5.07. The minimum atomic E-state index is -3.87. The number of carbonyl (C=O) groups excluding carboxylic acids is 2. The number of nitrogens with zero attached hydrogens (tertiary/aromatic N) is 1. The van der Waals surface area contributed by atoms with Crippen LogP contribution in [0.3, 0.4) is 0 Å². The predicted octanol–water partition coefficient (Wildman–Crippen LogP) is 2.17. The highest BCUT2D eigenvalue weighted by molar-refractivity contribution is 7.89. The maximum Gasteiger partial charge on any atom is 0.342 e. The summed E-state index contributed by atoms with van der Waals surface area (Å²) in [6.45, 7) is 0.388. The number of anilines is 1. The molecule has 0 aromatic heterocycles. The van der Waals surface area contributed by atoms with Gasteiger partial charge in [0.1, 0.15) is 10.5 Å². The topological polar surface area (TPSA) is 120 Å². The van der Waals surface area contributed by atoms with Crippen LogP contribution in [-0.4, -0.2) is 71.7 Å². The van der Waals surface area contributed by atoms with Gasteiger partial charge in [-0.3, -0.25) is 4.79 Å². The van der Waals surface area contributed by atoms with Crippen LogP contribution in [-0.2, 0) is 24.3 Å². The lowest BCUT2D eigenvalue weighted by atomic mass is 10.2. The van der Waals surface area contributed by atoms with Gasteiger partial charge in [-0.2, -0.15) is 4.31 Å². The van der Waals surface area contributed by atoms with Gasteiger partial charge in [0.15, 0.2) is 18.1 Å². The van der Waals surface area contributed by atoms with E-state index in [0.717, 1.165) is 0 Å². The van der Waals surface area contributed by atoms with E-state index in [9.17, 15) is 18.0 Å². The first-order valence-electron chi connectivity index (χ1n) is 9.83. The maximum absolute atomic E-state index is 12.9. The molecule has 1 heterocycles. The van der Waals surface area contributed by atoms with Crippen molar-refractivity contribution in [1.29, 1.82) is 0 Å². The Balaban J connectivity index is 1.68. The predicted molar refractivity (Wildman–Crippen MR) is 119 cm³/mol. The Morgan fingerprint density at radius 1 is 1.12 bits per heavy atom. The average molecular weight is 499 g/mol.